The molecule has 2 aliphatic rings. The molecule has 13 heteroatoms. The van der Waals surface area contributed by atoms with E-state index in [1.807, 2.05) is 81.1 Å². The molecule has 6 rings (SSSR count). The maximum absolute atomic E-state index is 14.7. The Morgan fingerprint density at radius 3 is 1.98 bits per heavy atom. The highest BCUT2D eigenvalue weighted by Gasteiger charge is 2.47. The maximum atomic E-state index is 14.7. The zero-order valence-corrected chi connectivity index (χ0v) is 30.8. The van der Waals surface area contributed by atoms with Gasteiger partial charge in [-0.1, -0.05) is 63.8 Å². The molecule has 4 atom stereocenters. The number of hydrogen-bond acceptors (Lipinski definition) is 7. The van der Waals surface area contributed by atoms with Crippen LogP contribution in [0.15, 0.2) is 60.9 Å². The van der Waals surface area contributed by atoms with Crippen molar-refractivity contribution in [2.24, 2.45) is 17.6 Å². The molecule has 4 aromatic rings. The molecular weight excluding hydrogens is 678 g/mol. The molecule has 280 valence electrons. The summed E-state index contributed by atoms with van der Waals surface area (Å²) in [5.41, 5.74) is 11.3. The Labute approximate surface area is 309 Å². The molecular formula is C40H48F2N8O3. The maximum Gasteiger partial charge on any atom is 0.407 e. The van der Waals surface area contributed by atoms with Gasteiger partial charge in [-0.3, -0.25) is 9.69 Å². The third kappa shape index (κ3) is 8.77. The van der Waals surface area contributed by atoms with Crippen LogP contribution in [-0.2, 0) is 9.53 Å². The summed E-state index contributed by atoms with van der Waals surface area (Å²) in [7, 11) is 1.28. The number of aromatic amines is 2. The van der Waals surface area contributed by atoms with Crippen molar-refractivity contribution in [3.05, 3.63) is 83.7 Å². The number of methoxy groups -OCH3 is 1. The minimum atomic E-state index is -2.88. The topological polar surface area (TPSA) is 145 Å². The number of carbonyl (C=O) groups is 2. The summed E-state index contributed by atoms with van der Waals surface area (Å²) in [5, 5.41) is 2.77. The van der Waals surface area contributed by atoms with E-state index in [4.69, 9.17) is 10.5 Å². The number of nitrogens with zero attached hydrogens (tertiary/aromatic N) is 4. The number of halogens is 2. The van der Waals surface area contributed by atoms with E-state index in [1.54, 1.807) is 17.3 Å². The van der Waals surface area contributed by atoms with Crippen LogP contribution in [0.2, 0.25) is 0 Å². The summed E-state index contributed by atoms with van der Waals surface area (Å²) in [4.78, 5) is 44.2. The molecule has 2 fully saturated rings. The van der Waals surface area contributed by atoms with Gasteiger partial charge in [-0.25, -0.2) is 23.5 Å². The Bertz CT molecular complexity index is 1940. The lowest BCUT2D eigenvalue weighted by atomic mass is 10.0. The van der Waals surface area contributed by atoms with Crippen LogP contribution >= 0.6 is 0 Å². The van der Waals surface area contributed by atoms with Gasteiger partial charge in [-0.2, -0.15) is 0 Å². The van der Waals surface area contributed by atoms with Gasteiger partial charge in [0.1, 0.15) is 11.6 Å². The Kier molecular flexibility index (Phi) is 11.3. The number of H-pyrrole nitrogens is 2. The van der Waals surface area contributed by atoms with Gasteiger partial charge in [0, 0.05) is 36.7 Å². The van der Waals surface area contributed by atoms with Crippen LogP contribution in [0, 0.1) is 23.7 Å². The van der Waals surface area contributed by atoms with Crippen LogP contribution in [0.1, 0.15) is 81.8 Å². The molecule has 0 bridgehead atoms. The number of carbonyl (C=O) groups excluding carboxylic acids is 2. The Balaban J connectivity index is 1.09. The highest BCUT2D eigenvalue weighted by atomic mass is 19.3. The normalized spacial score (nSPS) is 19.6. The summed E-state index contributed by atoms with van der Waals surface area (Å²) < 4.78 is 34.1. The second kappa shape index (κ2) is 15.9. The molecule has 53 heavy (non-hydrogen) atoms. The number of ether oxygens (including phenoxy) is 1. The summed E-state index contributed by atoms with van der Waals surface area (Å²) >= 11 is 0. The summed E-state index contributed by atoms with van der Waals surface area (Å²) in [6, 6.07) is 13.9. The Morgan fingerprint density at radius 2 is 1.47 bits per heavy atom. The molecule has 5 N–H and O–H groups in total. The first kappa shape index (κ1) is 37.7. The molecule has 4 heterocycles. The third-order valence-corrected chi connectivity index (χ3v) is 10.2. The molecule has 0 radical (unpaired) electrons. The predicted octanol–water partition coefficient (Wildman–Crippen LogP) is 6.28. The molecule has 11 nitrogen and oxygen atoms in total. The second-order valence-corrected chi connectivity index (χ2v) is 14.7. The standard InChI is InChI=1S/C40H48F2N8O3/c1-24(2)32(48-39(52)53-5)22-49-23-40(41,42)19-34(49)37-45-21-31(47-37)29-16-12-27(13-17-29)9-8-26-10-14-28(15-11-26)30-20-44-36(46-30)33-7-6-18-50(33)38(51)35(43)25(3)4/h10-17,20-21,24-25,32-35H,6-7,18-19,22-23,43H2,1-5H3,(H,44,46)(H,45,47)(H,48,52). The summed E-state index contributed by atoms with van der Waals surface area (Å²) in [6.45, 7) is 8.27. The van der Waals surface area contributed by atoms with Crippen molar-refractivity contribution in [2.45, 2.75) is 77.0 Å². The number of amides is 2. The molecule has 2 saturated heterocycles. The van der Waals surface area contributed by atoms with Crippen LogP contribution in [-0.4, -0.2) is 86.5 Å². The monoisotopic (exact) mass is 726 g/mol. The molecule has 2 amide bonds. The lowest BCUT2D eigenvalue weighted by molar-refractivity contribution is -0.134. The van der Waals surface area contributed by atoms with E-state index in [9.17, 15) is 18.4 Å². The second-order valence-electron chi connectivity index (χ2n) is 14.7. The molecule has 0 aliphatic carbocycles. The van der Waals surface area contributed by atoms with Crippen LogP contribution < -0.4 is 11.1 Å². The van der Waals surface area contributed by atoms with Crippen LogP contribution in [0.25, 0.3) is 22.5 Å². The van der Waals surface area contributed by atoms with E-state index in [0.29, 0.717) is 18.1 Å². The first-order chi connectivity index (χ1) is 25.3. The summed E-state index contributed by atoms with van der Waals surface area (Å²) in [5.74, 6) is 4.82. The Hall–Kier alpha value is -5.06. The van der Waals surface area contributed by atoms with Crippen LogP contribution in [0.3, 0.4) is 0 Å². The number of imidazole rings is 2. The van der Waals surface area contributed by atoms with Crippen molar-refractivity contribution in [3.63, 3.8) is 0 Å². The fourth-order valence-corrected chi connectivity index (χ4v) is 6.94. The van der Waals surface area contributed by atoms with Crippen LogP contribution in [0.5, 0.6) is 0 Å². The number of benzene rings is 2. The van der Waals surface area contributed by atoms with Crippen LogP contribution in [0.4, 0.5) is 13.6 Å². The SMILES string of the molecule is COC(=O)NC(CN1CC(F)(F)CC1c1ncc(-c2ccc(C#Cc3ccc(-c4cnc(C5CCCN5C(=O)C(N)C(C)C)[nH]4)cc3)cc2)[nH]1)C(C)C. The largest absolute Gasteiger partial charge is 0.453 e. The number of hydrogen-bond donors (Lipinski definition) is 4. The summed E-state index contributed by atoms with van der Waals surface area (Å²) in [6.07, 6.45) is 4.27. The van der Waals surface area contributed by atoms with Crippen molar-refractivity contribution in [3.8, 4) is 34.4 Å². The first-order valence-corrected chi connectivity index (χ1v) is 18.2. The lowest BCUT2D eigenvalue weighted by Gasteiger charge is -2.30. The molecule has 2 aliphatic heterocycles. The number of nitrogens with two attached hydrogens (primary N) is 1. The Morgan fingerprint density at radius 1 is 0.925 bits per heavy atom. The number of likely N-dealkylation sites (tertiary alicyclic amines) is 2. The number of nitrogens with one attached hydrogen (secondary N) is 3. The number of alkyl halides is 2. The van der Waals surface area contributed by atoms with Gasteiger partial charge in [0.2, 0.25) is 5.91 Å². The average Bonchev–Trinajstić information content (AvgIpc) is 3.96. The lowest BCUT2D eigenvalue weighted by Crippen LogP contribution is -2.47. The zero-order valence-electron chi connectivity index (χ0n) is 30.8. The molecule has 0 spiro atoms. The molecule has 2 aromatic carbocycles. The number of rotatable bonds is 10. The van der Waals surface area contributed by atoms with Gasteiger partial charge < -0.3 is 30.7 Å². The third-order valence-electron chi connectivity index (χ3n) is 10.2. The molecule has 2 aromatic heterocycles. The highest BCUT2D eigenvalue weighted by Crippen LogP contribution is 2.41. The molecule has 0 saturated carbocycles. The molecule has 4 unspecified atom stereocenters. The van der Waals surface area contributed by atoms with Gasteiger partial charge >= 0.3 is 6.09 Å². The fourth-order valence-electron chi connectivity index (χ4n) is 6.94. The van der Waals surface area contributed by atoms with Gasteiger partial charge in [-0.05, 0) is 60.1 Å². The number of aromatic nitrogens is 4. The van der Waals surface area contributed by atoms with Crippen molar-refractivity contribution < 1.29 is 23.1 Å². The minimum absolute atomic E-state index is 0.0101. The first-order valence-electron chi connectivity index (χ1n) is 18.2. The van der Waals surface area contributed by atoms with Gasteiger partial charge in [0.05, 0.1) is 55.6 Å². The van der Waals surface area contributed by atoms with Gasteiger partial charge in [-0.15, -0.1) is 0 Å². The van der Waals surface area contributed by atoms with Crippen molar-refractivity contribution in [1.82, 2.24) is 35.1 Å². The fraction of sp³-hybridized carbons (Fsp3) is 0.450. The smallest absolute Gasteiger partial charge is 0.407 e. The zero-order chi connectivity index (χ0) is 37.9. The van der Waals surface area contributed by atoms with E-state index in [2.05, 4.69) is 37.1 Å². The average molecular weight is 727 g/mol. The highest BCUT2D eigenvalue weighted by molar-refractivity contribution is 5.82. The number of alkyl carbamates (subject to hydrolysis) is 1. The van der Waals surface area contributed by atoms with E-state index in [0.717, 1.165) is 46.6 Å². The van der Waals surface area contributed by atoms with Gasteiger partial charge in [0.25, 0.3) is 5.92 Å². The van der Waals surface area contributed by atoms with E-state index >= 15 is 0 Å². The van der Waals surface area contributed by atoms with Crippen molar-refractivity contribution in [2.75, 3.05) is 26.7 Å². The van der Waals surface area contributed by atoms with Gasteiger partial charge in [0.15, 0.2) is 0 Å². The van der Waals surface area contributed by atoms with Crippen molar-refractivity contribution in [1.29, 1.82) is 0 Å². The van der Waals surface area contributed by atoms with E-state index in [-0.39, 0.29) is 42.8 Å². The quantitative estimate of drug-likeness (QED) is 0.141. The van der Waals surface area contributed by atoms with E-state index in [1.165, 1.54) is 7.11 Å². The minimum Gasteiger partial charge on any atom is -0.453 e. The predicted molar refractivity (Wildman–Crippen MR) is 199 cm³/mol. The van der Waals surface area contributed by atoms with Crippen molar-refractivity contribution >= 4 is 12.0 Å². The van der Waals surface area contributed by atoms with E-state index < -0.39 is 30.6 Å².